The second-order valence-electron chi connectivity index (χ2n) is 5.10. The molecule has 3 nitrogen and oxygen atoms in total. The molecule has 5 heteroatoms. The fourth-order valence-electron chi connectivity index (χ4n) is 2.67. The maximum absolute atomic E-state index is 12.4. The SMILES string of the molecule is CC1CC(CN)CN1Cc1ccccc1OC(F)F. The average molecular weight is 270 g/mol. The van der Waals surface area contributed by atoms with E-state index in [0.29, 0.717) is 25.0 Å². The van der Waals surface area contributed by atoms with Crippen molar-refractivity contribution < 1.29 is 13.5 Å². The summed E-state index contributed by atoms with van der Waals surface area (Å²) in [6.45, 7) is 1.58. The van der Waals surface area contributed by atoms with Gasteiger partial charge in [-0.2, -0.15) is 8.78 Å². The van der Waals surface area contributed by atoms with Gasteiger partial charge in [0.15, 0.2) is 0 Å². The van der Waals surface area contributed by atoms with Gasteiger partial charge in [-0.1, -0.05) is 18.2 Å². The Morgan fingerprint density at radius 2 is 2.16 bits per heavy atom. The highest BCUT2D eigenvalue weighted by atomic mass is 19.3. The van der Waals surface area contributed by atoms with Crippen molar-refractivity contribution in [3.05, 3.63) is 29.8 Å². The van der Waals surface area contributed by atoms with Gasteiger partial charge >= 0.3 is 6.61 Å². The summed E-state index contributed by atoms with van der Waals surface area (Å²) >= 11 is 0. The molecule has 2 rings (SSSR count). The minimum Gasteiger partial charge on any atom is -0.434 e. The van der Waals surface area contributed by atoms with Crippen LogP contribution in [0.5, 0.6) is 5.75 Å². The zero-order valence-corrected chi connectivity index (χ0v) is 11.1. The van der Waals surface area contributed by atoms with Gasteiger partial charge in [0.1, 0.15) is 5.75 Å². The molecule has 19 heavy (non-hydrogen) atoms. The predicted octanol–water partition coefficient (Wildman–Crippen LogP) is 2.46. The Morgan fingerprint density at radius 3 is 2.79 bits per heavy atom. The van der Waals surface area contributed by atoms with Crippen LogP contribution in [0.1, 0.15) is 18.9 Å². The number of likely N-dealkylation sites (tertiary alicyclic amines) is 1. The van der Waals surface area contributed by atoms with Gasteiger partial charge in [-0.3, -0.25) is 4.90 Å². The molecule has 0 spiro atoms. The lowest BCUT2D eigenvalue weighted by Gasteiger charge is -2.22. The molecule has 1 aliphatic rings. The number of alkyl halides is 2. The van der Waals surface area contributed by atoms with Crippen molar-refractivity contribution in [1.29, 1.82) is 0 Å². The normalized spacial score (nSPS) is 24.1. The van der Waals surface area contributed by atoms with Crippen LogP contribution in [0.4, 0.5) is 8.78 Å². The highest BCUT2D eigenvalue weighted by Crippen LogP contribution is 2.28. The summed E-state index contributed by atoms with van der Waals surface area (Å²) in [7, 11) is 0. The Balaban J connectivity index is 2.06. The standard InChI is InChI=1S/C14H20F2N2O/c1-10-6-11(7-17)8-18(10)9-12-4-2-3-5-13(12)19-14(15)16/h2-5,10-11,14H,6-9,17H2,1H3. The van der Waals surface area contributed by atoms with E-state index in [9.17, 15) is 8.78 Å². The molecular weight excluding hydrogens is 250 g/mol. The summed E-state index contributed by atoms with van der Waals surface area (Å²) in [5, 5.41) is 0. The quantitative estimate of drug-likeness (QED) is 0.893. The van der Waals surface area contributed by atoms with Gasteiger partial charge in [0.2, 0.25) is 0 Å². The van der Waals surface area contributed by atoms with Crippen LogP contribution in [0.15, 0.2) is 24.3 Å². The molecule has 0 bridgehead atoms. The Labute approximate surface area is 112 Å². The van der Waals surface area contributed by atoms with Crippen molar-refractivity contribution in [2.24, 2.45) is 11.7 Å². The lowest BCUT2D eigenvalue weighted by Crippen LogP contribution is -2.27. The fourth-order valence-corrected chi connectivity index (χ4v) is 2.67. The highest BCUT2D eigenvalue weighted by molar-refractivity contribution is 5.33. The largest absolute Gasteiger partial charge is 0.434 e. The zero-order chi connectivity index (χ0) is 13.8. The maximum Gasteiger partial charge on any atom is 0.387 e. The minimum absolute atomic E-state index is 0.265. The van der Waals surface area contributed by atoms with Gasteiger partial charge in [0.25, 0.3) is 0 Å². The molecule has 1 fully saturated rings. The Morgan fingerprint density at radius 1 is 1.42 bits per heavy atom. The van der Waals surface area contributed by atoms with Crippen molar-refractivity contribution in [1.82, 2.24) is 4.90 Å². The molecule has 1 aliphatic heterocycles. The van der Waals surface area contributed by atoms with Gasteiger partial charge in [0.05, 0.1) is 0 Å². The van der Waals surface area contributed by atoms with Crippen molar-refractivity contribution >= 4 is 0 Å². The molecule has 1 aromatic carbocycles. The topological polar surface area (TPSA) is 38.5 Å². The minimum atomic E-state index is -2.78. The van der Waals surface area contributed by atoms with Crippen LogP contribution in [0, 0.1) is 5.92 Å². The van der Waals surface area contributed by atoms with Gasteiger partial charge in [-0.05, 0) is 31.9 Å². The van der Waals surface area contributed by atoms with E-state index >= 15 is 0 Å². The third-order valence-corrected chi connectivity index (χ3v) is 3.69. The summed E-state index contributed by atoms with van der Waals surface area (Å²) in [5.41, 5.74) is 6.50. The lowest BCUT2D eigenvalue weighted by atomic mass is 10.1. The van der Waals surface area contributed by atoms with Crippen molar-refractivity contribution in [3.8, 4) is 5.75 Å². The third-order valence-electron chi connectivity index (χ3n) is 3.69. The third kappa shape index (κ3) is 3.64. The number of nitrogens with two attached hydrogens (primary N) is 1. The smallest absolute Gasteiger partial charge is 0.387 e. The molecule has 0 aromatic heterocycles. The first-order chi connectivity index (χ1) is 9.10. The van der Waals surface area contributed by atoms with E-state index in [1.54, 1.807) is 12.1 Å². The van der Waals surface area contributed by atoms with Crippen LogP contribution in [-0.4, -0.2) is 30.6 Å². The number of benzene rings is 1. The van der Waals surface area contributed by atoms with Gasteiger partial charge in [-0.15, -0.1) is 0 Å². The molecule has 2 unspecified atom stereocenters. The lowest BCUT2D eigenvalue weighted by molar-refractivity contribution is -0.0508. The highest BCUT2D eigenvalue weighted by Gasteiger charge is 2.28. The van der Waals surface area contributed by atoms with E-state index in [1.165, 1.54) is 0 Å². The van der Waals surface area contributed by atoms with Gasteiger partial charge < -0.3 is 10.5 Å². The monoisotopic (exact) mass is 270 g/mol. The zero-order valence-electron chi connectivity index (χ0n) is 11.1. The number of nitrogens with zero attached hydrogens (tertiary/aromatic N) is 1. The van der Waals surface area contributed by atoms with Gasteiger partial charge in [-0.25, -0.2) is 0 Å². The Kier molecular flexibility index (Phi) is 4.71. The second-order valence-corrected chi connectivity index (χ2v) is 5.10. The molecule has 106 valence electrons. The van der Waals surface area contributed by atoms with E-state index < -0.39 is 6.61 Å². The van der Waals surface area contributed by atoms with Crippen LogP contribution in [-0.2, 0) is 6.54 Å². The molecule has 1 heterocycles. The summed E-state index contributed by atoms with van der Waals surface area (Å²) < 4.78 is 29.3. The molecule has 0 aliphatic carbocycles. The summed E-state index contributed by atoms with van der Waals surface area (Å²) in [6.07, 6.45) is 1.06. The van der Waals surface area contributed by atoms with Crippen molar-refractivity contribution in [3.63, 3.8) is 0 Å². The first-order valence-electron chi connectivity index (χ1n) is 6.57. The van der Waals surface area contributed by atoms with E-state index in [1.807, 2.05) is 12.1 Å². The Hall–Kier alpha value is -1.20. The molecular formula is C14H20F2N2O. The van der Waals surface area contributed by atoms with Crippen LogP contribution < -0.4 is 10.5 Å². The van der Waals surface area contributed by atoms with Crippen LogP contribution in [0.2, 0.25) is 0 Å². The predicted molar refractivity (Wildman–Crippen MR) is 70.1 cm³/mol. The number of halogens is 2. The number of para-hydroxylation sites is 1. The number of hydrogen-bond acceptors (Lipinski definition) is 3. The summed E-state index contributed by atoms with van der Waals surface area (Å²) in [6, 6.07) is 7.39. The first kappa shape index (κ1) is 14.2. The maximum atomic E-state index is 12.4. The van der Waals surface area contributed by atoms with Crippen molar-refractivity contribution in [2.45, 2.75) is 32.5 Å². The molecule has 1 aromatic rings. The second kappa shape index (κ2) is 6.30. The van der Waals surface area contributed by atoms with E-state index in [0.717, 1.165) is 18.5 Å². The molecule has 0 amide bonds. The molecule has 2 atom stereocenters. The van der Waals surface area contributed by atoms with Gasteiger partial charge in [0, 0.05) is 24.7 Å². The molecule has 2 N–H and O–H groups in total. The first-order valence-corrected chi connectivity index (χ1v) is 6.57. The molecule has 0 radical (unpaired) electrons. The summed E-state index contributed by atoms with van der Waals surface area (Å²) in [5.74, 6) is 0.763. The van der Waals surface area contributed by atoms with E-state index in [-0.39, 0.29) is 5.75 Å². The van der Waals surface area contributed by atoms with Crippen LogP contribution in [0.25, 0.3) is 0 Å². The average Bonchev–Trinajstić information content (AvgIpc) is 2.72. The summed E-state index contributed by atoms with van der Waals surface area (Å²) in [4.78, 5) is 2.27. The number of ether oxygens (including phenoxy) is 1. The van der Waals surface area contributed by atoms with Crippen LogP contribution in [0.3, 0.4) is 0 Å². The number of hydrogen-bond donors (Lipinski definition) is 1. The van der Waals surface area contributed by atoms with Crippen LogP contribution >= 0.6 is 0 Å². The molecule has 0 saturated carbocycles. The van der Waals surface area contributed by atoms with E-state index in [2.05, 4.69) is 16.6 Å². The molecule has 1 saturated heterocycles. The fraction of sp³-hybridized carbons (Fsp3) is 0.571. The van der Waals surface area contributed by atoms with E-state index in [4.69, 9.17) is 5.73 Å². The Bertz CT molecular complexity index is 414. The number of rotatable bonds is 5. The van der Waals surface area contributed by atoms with Crippen molar-refractivity contribution in [2.75, 3.05) is 13.1 Å².